The highest BCUT2D eigenvalue weighted by molar-refractivity contribution is 5.69. The standard InChI is InChI=1S/C37H60NO4.ClH/c1-2-3-4-5-6-7-8-9-10-11-12-13-14-15-16-23-31-40-33-36(41-32-35-25-19-17-20-26-35)34-42-37(39)27-24-30-38-28-21-18-22-29-38;/h17-22,25-26,28-29,36H,2-16,23-24,27,30-34H2,1H3;1H/q+1;/p-1/t36-;/m0./s1. The van der Waals surface area contributed by atoms with Crippen molar-refractivity contribution in [3.8, 4) is 0 Å². The van der Waals surface area contributed by atoms with Gasteiger partial charge in [-0.25, -0.2) is 4.57 Å². The van der Waals surface area contributed by atoms with E-state index < -0.39 is 0 Å². The minimum atomic E-state index is -0.265. The first-order valence-corrected chi connectivity index (χ1v) is 17.1. The van der Waals surface area contributed by atoms with Crippen LogP contribution in [0.2, 0.25) is 0 Å². The van der Waals surface area contributed by atoms with Crippen molar-refractivity contribution in [2.24, 2.45) is 0 Å². The highest BCUT2D eigenvalue weighted by atomic mass is 35.5. The minimum Gasteiger partial charge on any atom is -1.00 e. The molecule has 0 spiro atoms. The summed E-state index contributed by atoms with van der Waals surface area (Å²) >= 11 is 0. The van der Waals surface area contributed by atoms with Gasteiger partial charge in [0.05, 0.1) is 19.6 Å². The summed E-state index contributed by atoms with van der Waals surface area (Å²) in [5.74, 6) is -0.183. The SMILES string of the molecule is CCCCCCCCCCCCCCCCCCOC[C@@H](COC(=O)CCC[n+]1ccccc1)OCc1ccccc1.[Cl-]. The second-order valence-electron chi connectivity index (χ2n) is 11.7. The zero-order valence-corrected chi connectivity index (χ0v) is 27.8. The van der Waals surface area contributed by atoms with Crippen LogP contribution >= 0.6 is 0 Å². The molecule has 1 aromatic carbocycles. The molecular weight excluding hydrogens is 558 g/mol. The number of hydrogen-bond acceptors (Lipinski definition) is 4. The molecule has 0 radical (unpaired) electrons. The van der Waals surface area contributed by atoms with Gasteiger partial charge in [0.15, 0.2) is 12.4 Å². The third-order valence-corrected chi connectivity index (χ3v) is 7.78. The van der Waals surface area contributed by atoms with E-state index in [9.17, 15) is 4.79 Å². The van der Waals surface area contributed by atoms with E-state index in [1.165, 1.54) is 96.3 Å². The van der Waals surface area contributed by atoms with Gasteiger partial charge in [0, 0.05) is 25.2 Å². The summed E-state index contributed by atoms with van der Waals surface area (Å²) in [5, 5.41) is 0. The van der Waals surface area contributed by atoms with Crippen LogP contribution in [0.1, 0.15) is 128 Å². The molecule has 0 aliphatic rings. The molecule has 0 unspecified atom stereocenters. The van der Waals surface area contributed by atoms with Crippen molar-refractivity contribution in [1.82, 2.24) is 0 Å². The molecule has 2 aromatic rings. The van der Waals surface area contributed by atoms with Crippen LogP contribution < -0.4 is 17.0 Å². The van der Waals surface area contributed by atoms with Gasteiger partial charge in [-0.15, -0.1) is 0 Å². The van der Waals surface area contributed by atoms with Crippen molar-refractivity contribution in [3.63, 3.8) is 0 Å². The van der Waals surface area contributed by atoms with Crippen LogP contribution in [0, 0.1) is 0 Å². The number of aryl methyl sites for hydroxylation is 1. The molecule has 5 nitrogen and oxygen atoms in total. The third-order valence-electron chi connectivity index (χ3n) is 7.78. The highest BCUT2D eigenvalue weighted by Crippen LogP contribution is 2.14. The van der Waals surface area contributed by atoms with Gasteiger partial charge in [-0.3, -0.25) is 4.79 Å². The summed E-state index contributed by atoms with van der Waals surface area (Å²) in [6.07, 6.45) is 26.7. The van der Waals surface area contributed by atoms with Gasteiger partial charge in [0.2, 0.25) is 0 Å². The molecule has 0 saturated heterocycles. The van der Waals surface area contributed by atoms with Crippen molar-refractivity contribution in [2.75, 3.05) is 19.8 Å². The Kier molecular flexibility index (Phi) is 26.2. The Bertz CT molecular complexity index is 867. The number of carbonyl (C=O) groups is 1. The van der Waals surface area contributed by atoms with Crippen molar-refractivity contribution in [2.45, 2.75) is 142 Å². The van der Waals surface area contributed by atoms with Gasteiger partial charge in [0.1, 0.15) is 19.3 Å². The lowest BCUT2D eigenvalue weighted by molar-refractivity contribution is -0.697. The molecule has 1 aromatic heterocycles. The Balaban J connectivity index is 0.00000924. The summed E-state index contributed by atoms with van der Waals surface area (Å²) in [6, 6.07) is 16.1. The van der Waals surface area contributed by atoms with Gasteiger partial charge in [0.25, 0.3) is 0 Å². The number of benzene rings is 1. The lowest BCUT2D eigenvalue weighted by Gasteiger charge is -2.18. The number of esters is 1. The number of aromatic nitrogens is 1. The van der Waals surface area contributed by atoms with Gasteiger partial charge >= 0.3 is 5.97 Å². The second kappa shape index (κ2) is 28.8. The molecule has 1 heterocycles. The zero-order chi connectivity index (χ0) is 29.8. The predicted molar refractivity (Wildman–Crippen MR) is 172 cm³/mol. The lowest BCUT2D eigenvalue weighted by Crippen LogP contribution is -3.00. The van der Waals surface area contributed by atoms with Gasteiger partial charge in [-0.2, -0.15) is 0 Å². The summed E-state index contributed by atoms with van der Waals surface area (Å²) in [5.41, 5.74) is 1.10. The predicted octanol–water partition coefficient (Wildman–Crippen LogP) is 6.17. The fourth-order valence-corrected chi connectivity index (χ4v) is 5.15. The zero-order valence-electron chi connectivity index (χ0n) is 27.1. The molecule has 244 valence electrons. The second-order valence-corrected chi connectivity index (χ2v) is 11.7. The Hall–Kier alpha value is -1.95. The number of rotatable bonds is 28. The lowest BCUT2D eigenvalue weighted by atomic mass is 10.0. The van der Waals surface area contributed by atoms with E-state index >= 15 is 0 Å². The van der Waals surface area contributed by atoms with E-state index in [-0.39, 0.29) is 31.1 Å². The number of carbonyl (C=O) groups excluding carboxylic acids is 1. The van der Waals surface area contributed by atoms with Crippen LogP contribution in [-0.4, -0.2) is 31.9 Å². The molecule has 0 N–H and O–H groups in total. The largest absolute Gasteiger partial charge is 1.00 e. The van der Waals surface area contributed by atoms with Gasteiger partial charge in [-0.1, -0.05) is 140 Å². The highest BCUT2D eigenvalue weighted by Gasteiger charge is 2.14. The number of halogens is 1. The first-order chi connectivity index (χ1) is 20.8. The minimum absolute atomic E-state index is 0. The molecule has 0 aliphatic heterocycles. The molecule has 1 atom stereocenters. The summed E-state index contributed by atoms with van der Waals surface area (Å²) < 4.78 is 19.7. The first kappa shape index (κ1) is 39.1. The monoisotopic (exact) mass is 617 g/mol. The number of ether oxygens (including phenoxy) is 3. The number of hydrogen-bond donors (Lipinski definition) is 0. The summed E-state index contributed by atoms with van der Waals surface area (Å²) in [4.78, 5) is 12.3. The Morgan fingerprint density at radius 2 is 1.21 bits per heavy atom. The maximum Gasteiger partial charge on any atom is 0.306 e. The Labute approximate surface area is 269 Å². The van der Waals surface area contributed by atoms with Crippen molar-refractivity contribution < 1.29 is 36.0 Å². The van der Waals surface area contributed by atoms with E-state index in [1.54, 1.807) is 0 Å². The normalized spacial score (nSPS) is 11.7. The van der Waals surface area contributed by atoms with E-state index in [0.717, 1.165) is 31.6 Å². The number of pyridine rings is 1. The molecule has 0 saturated carbocycles. The summed E-state index contributed by atoms with van der Waals surface area (Å²) in [7, 11) is 0. The van der Waals surface area contributed by atoms with Gasteiger partial charge < -0.3 is 26.6 Å². The van der Waals surface area contributed by atoms with Gasteiger partial charge in [-0.05, 0) is 12.0 Å². The molecule has 6 heteroatoms. The van der Waals surface area contributed by atoms with Crippen LogP contribution in [0.3, 0.4) is 0 Å². The average molecular weight is 618 g/mol. The molecule has 43 heavy (non-hydrogen) atoms. The molecule has 0 fully saturated rings. The molecule has 0 bridgehead atoms. The molecule has 0 aliphatic carbocycles. The Morgan fingerprint density at radius 3 is 1.79 bits per heavy atom. The van der Waals surface area contributed by atoms with Crippen LogP contribution in [-0.2, 0) is 32.2 Å². The fraction of sp³-hybridized carbons (Fsp3) is 0.676. The van der Waals surface area contributed by atoms with Crippen LogP contribution in [0.5, 0.6) is 0 Å². The third kappa shape index (κ3) is 23.1. The average Bonchev–Trinajstić information content (AvgIpc) is 3.02. The van der Waals surface area contributed by atoms with E-state index in [0.29, 0.717) is 19.6 Å². The molecule has 2 rings (SSSR count). The van der Waals surface area contributed by atoms with Crippen LogP contribution in [0.15, 0.2) is 60.9 Å². The van der Waals surface area contributed by atoms with E-state index in [1.807, 2.05) is 60.9 Å². The molecule has 0 amide bonds. The summed E-state index contributed by atoms with van der Waals surface area (Å²) in [6.45, 7) is 4.96. The maximum atomic E-state index is 12.3. The maximum absolute atomic E-state index is 12.3. The van der Waals surface area contributed by atoms with Crippen molar-refractivity contribution in [1.29, 1.82) is 0 Å². The van der Waals surface area contributed by atoms with Crippen molar-refractivity contribution >= 4 is 5.97 Å². The molecular formula is C37H60ClNO4. The smallest absolute Gasteiger partial charge is 0.306 e. The fourth-order valence-electron chi connectivity index (χ4n) is 5.15. The van der Waals surface area contributed by atoms with Crippen LogP contribution in [0.4, 0.5) is 0 Å². The van der Waals surface area contributed by atoms with E-state index in [4.69, 9.17) is 14.2 Å². The Morgan fingerprint density at radius 1 is 0.674 bits per heavy atom. The number of nitrogens with zero attached hydrogens (tertiary/aromatic N) is 1. The topological polar surface area (TPSA) is 48.6 Å². The quantitative estimate of drug-likeness (QED) is 0.0651. The first-order valence-electron chi connectivity index (χ1n) is 17.1. The number of unbranched alkanes of at least 4 members (excludes halogenated alkanes) is 15. The van der Waals surface area contributed by atoms with Crippen LogP contribution in [0.25, 0.3) is 0 Å². The van der Waals surface area contributed by atoms with Crippen molar-refractivity contribution in [3.05, 3.63) is 66.5 Å². The van der Waals surface area contributed by atoms with E-state index in [2.05, 4.69) is 11.5 Å².